The molecule has 0 aliphatic carbocycles. The number of carbonyl (C=O) groups is 1. The molecule has 0 atom stereocenters. The molecule has 17 heavy (non-hydrogen) atoms. The van der Waals surface area contributed by atoms with Crippen LogP contribution in [-0.2, 0) is 0 Å². The number of nitrogens with two attached hydrogens (primary N) is 1. The second-order valence-corrected chi connectivity index (χ2v) is 5.99. The van der Waals surface area contributed by atoms with E-state index in [1.165, 1.54) is 10.4 Å². The zero-order valence-corrected chi connectivity index (χ0v) is 11.5. The van der Waals surface area contributed by atoms with Crippen LogP contribution in [0.5, 0.6) is 5.75 Å². The van der Waals surface area contributed by atoms with E-state index in [4.69, 9.17) is 10.5 Å². The van der Waals surface area contributed by atoms with Crippen molar-refractivity contribution in [2.45, 2.75) is 20.8 Å². The second kappa shape index (κ2) is 4.50. The summed E-state index contributed by atoms with van der Waals surface area (Å²) in [6.07, 6.45) is -0.761. The maximum Gasteiger partial charge on any atom is 0.410 e. The van der Waals surface area contributed by atoms with Gasteiger partial charge in [-0.1, -0.05) is 0 Å². The summed E-state index contributed by atoms with van der Waals surface area (Å²) >= 11 is 3.32. The summed E-state index contributed by atoms with van der Waals surface area (Å²) in [6, 6.07) is 2.14. The molecule has 0 aliphatic rings. The molecule has 2 N–H and O–H groups in total. The average Bonchev–Trinajstić information content (AvgIpc) is 2.76. The van der Waals surface area contributed by atoms with Crippen LogP contribution in [0.4, 0.5) is 4.79 Å². The summed E-state index contributed by atoms with van der Waals surface area (Å²) in [5.74, 6) is 0.601. The lowest BCUT2D eigenvalue weighted by atomic mass is 10.2. The number of primary amides is 1. The van der Waals surface area contributed by atoms with E-state index in [0.29, 0.717) is 5.75 Å². The smallest absolute Gasteiger partial charge is 0.409 e. The molecule has 3 nitrogen and oxygen atoms in total. The molecule has 0 unspecified atom stereocenters. The van der Waals surface area contributed by atoms with Crippen molar-refractivity contribution >= 4 is 28.8 Å². The Labute approximate surface area is 108 Å². The highest BCUT2D eigenvalue weighted by atomic mass is 32.1. The van der Waals surface area contributed by atoms with E-state index >= 15 is 0 Å². The largest absolute Gasteiger partial charge is 0.410 e. The summed E-state index contributed by atoms with van der Waals surface area (Å²) in [4.78, 5) is 14.2. The van der Waals surface area contributed by atoms with Gasteiger partial charge in [0.25, 0.3) is 0 Å². The molecule has 90 valence electrons. The molecule has 0 spiro atoms. The maximum atomic E-state index is 10.8. The Balaban J connectivity index is 2.47. The Morgan fingerprint density at radius 3 is 2.59 bits per heavy atom. The average molecular weight is 267 g/mol. The van der Waals surface area contributed by atoms with Gasteiger partial charge >= 0.3 is 6.09 Å². The molecular weight excluding hydrogens is 254 g/mol. The van der Waals surface area contributed by atoms with E-state index in [-0.39, 0.29) is 0 Å². The molecule has 0 radical (unpaired) electrons. The molecule has 2 aromatic heterocycles. The normalized spacial score (nSPS) is 10.5. The first-order valence-corrected chi connectivity index (χ1v) is 6.81. The summed E-state index contributed by atoms with van der Waals surface area (Å²) in [5.41, 5.74) is 7.28. The van der Waals surface area contributed by atoms with Crippen molar-refractivity contribution < 1.29 is 9.53 Å². The molecule has 0 saturated carbocycles. The molecule has 1 amide bonds. The topological polar surface area (TPSA) is 52.3 Å². The van der Waals surface area contributed by atoms with Gasteiger partial charge in [-0.15, -0.1) is 22.7 Å². The Bertz CT molecular complexity index is 569. The van der Waals surface area contributed by atoms with Crippen LogP contribution < -0.4 is 10.5 Å². The van der Waals surface area contributed by atoms with Crippen molar-refractivity contribution in [3.63, 3.8) is 0 Å². The summed E-state index contributed by atoms with van der Waals surface area (Å²) < 4.78 is 5.04. The van der Waals surface area contributed by atoms with E-state index in [1.807, 2.05) is 13.8 Å². The number of thiophene rings is 2. The summed E-state index contributed by atoms with van der Waals surface area (Å²) in [7, 11) is 0. The molecule has 2 aromatic rings. The van der Waals surface area contributed by atoms with Crippen LogP contribution in [0.3, 0.4) is 0 Å². The van der Waals surface area contributed by atoms with Crippen LogP contribution in [0.25, 0.3) is 9.75 Å². The van der Waals surface area contributed by atoms with Gasteiger partial charge in [-0.25, -0.2) is 4.79 Å². The van der Waals surface area contributed by atoms with Gasteiger partial charge in [-0.2, -0.15) is 0 Å². The van der Waals surface area contributed by atoms with E-state index in [2.05, 4.69) is 18.4 Å². The van der Waals surface area contributed by atoms with Gasteiger partial charge in [-0.05, 0) is 37.8 Å². The quantitative estimate of drug-likeness (QED) is 0.898. The van der Waals surface area contributed by atoms with Crippen LogP contribution in [0.1, 0.15) is 16.0 Å². The molecule has 0 bridgehead atoms. The predicted molar refractivity (Wildman–Crippen MR) is 72.1 cm³/mol. The van der Waals surface area contributed by atoms with Gasteiger partial charge in [0.2, 0.25) is 0 Å². The third-order valence-corrected chi connectivity index (χ3v) is 4.83. The van der Waals surface area contributed by atoms with Gasteiger partial charge in [-0.3, -0.25) is 0 Å². The van der Waals surface area contributed by atoms with Crippen molar-refractivity contribution in [1.82, 2.24) is 0 Å². The Kier molecular flexibility index (Phi) is 3.22. The minimum atomic E-state index is -0.761. The fourth-order valence-corrected chi connectivity index (χ4v) is 3.84. The van der Waals surface area contributed by atoms with Crippen LogP contribution in [0.2, 0.25) is 0 Å². The highest BCUT2D eigenvalue weighted by Crippen LogP contribution is 2.42. The van der Waals surface area contributed by atoms with E-state index in [0.717, 1.165) is 15.3 Å². The molecule has 2 rings (SSSR count). The minimum absolute atomic E-state index is 0.601. The number of aryl methyl sites for hydroxylation is 2. The van der Waals surface area contributed by atoms with E-state index in [9.17, 15) is 4.79 Å². The first-order valence-electron chi connectivity index (χ1n) is 5.12. The second-order valence-electron chi connectivity index (χ2n) is 3.85. The number of rotatable bonds is 2. The van der Waals surface area contributed by atoms with Crippen molar-refractivity contribution in [1.29, 1.82) is 0 Å². The zero-order valence-electron chi connectivity index (χ0n) is 9.87. The molecule has 0 aromatic carbocycles. The highest BCUT2D eigenvalue weighted by molar-refractivity contribution is 7.21. The van der Waals surface area contributed by atoms with Crippen molar-refractivity contribution in [3.8, 4) is 15.5 Å². The molecular formula is C12H13NO2S2. The fourth-order valence-electron chi connectivity index (χ4n) is 1.68. The Hall–Kier alpha value is -1.33. The van der Waals surface area contributed by atoms with Gasteiger partial charge < -0.3 is 10.5 Å². The lowest BCUT2D eigenvalue weighted by molar-refractivity contribution is 0.210. The minimum Gasteiger partial charge on any atom is -0.409 e. The van der Waals surface area contributed by atoms with Gasteiger partial charge in [0.05, 0.1) is 4.88 Å². The molecule has 5 heteroatoms. The number of hydrogen-bond donors (Lipinski definition) is 1. The number of ether oxygens (including phenoxy) is 1. The number of hydrogen-bond acceptors (Lipinski definition) is 4. The molecule has 0 aliphatic heterocycles. The van der Waals surface area contributed by atoms with Gasteiger partial charge in [0.1, 0.15) is 5.75 Å². The van der Waals surface area contributed by atoms with Crippen LogP contribution in [0.15, 0.2) is 11.4 Å². The van der Waals surface area contributed by atoms with Crippen molar-refractivity contribution in [3.05, 3.63) is 27.5 Å². The summed E-state index contributed by atoms with van der Waals surface area (Å²) in [5, 5.41) is 2.11. The monoisotopic (exact) mass is 267 g/mol. The molecule has 0 fully saturated rings. The van der Waals surface area contributed by atoms with Crippen LogP contribution in [-0.4, -0.2) is 6.09 Å². The van der Waals surface area contributed by atoms with Crippen LogP contribution >= 0.6 is 22.7 Å². The summed E-state index contributed by atoms with van der Waals surface area (Å²) in [6.45, 7) is 5.95. The van der Waals surface area contributed by atoms with Crippen molar-refractivity contribution in [2.24, 2.45) is 5.73 Å². The standard InChI is InChI=1S/C12H13NO2S2/c1-6-4-9(16-5-6)11-7(2)10(8(3)17-11)15-12(13)14/h4-5H,1-3H3,(H2,13,14). The van der Waals surface area contributed by atoms with Gasteiger partial charge in [0.15, 0.2) is 0 Å². The highest BCUT2D eigenvalue weighted by Gasteiger charge is 2.17. The van der Waals surface area contributed by atoms with Gasteiger partial charge in [0, 0.05) is 15.3 Å². The third-order valence-electron chi connectivity index (χ3n) is 2.41. The Morgan fingerprint density at radius 1 is 1.35 bits per heavy atom. The maximum absolute atomic E-state index is 10.8. The SMILES string of the molecule is Cc1csc(-c2sc(C)c(OC(N)=O)c2C)c1. The molecule has 0 saturated heterocycles. The first-order chi connectivity index (χ1) is 7.99. The fraction of sp³-hybridized carbons (Fsp3) is 0.250. The van der Waals surface area contributed by atoms with E-state index in [1.54, 1.807) is 22.7 Å². The third kappa shape index (κ3) is 2.35. The lowest BCUT2D eigenvalue weighted by Gasteiger charge is -2.01. The molecule has 2 heterocycles. The number of amides is 1. The number of carbonyl (C=O) groups excluding carboxylic acids is 1. The van der Waals surface area contributed by atoms with Crippen molar-refractivity contribution in [2.75, 3.05) is 0 Å². The Morgan fingerprint density at radius 2 is 2.06 bits per heavy atom. The zero-order chi connectivity index (χ0) is 12.6. The predicted octanol–water partition coefficient (Wildman–Crippen LogP) is 3.86. The van der Waals surface area contributed by atoms with Crippen LogP contribution in [0, 0.1) is 20.8 Å². The lowest BCUT2D eigenvalue weighted by Crippen LogP contribution is -2.16. The van der Waals surface area contributed by atoms with E-state index < -0.39 is 6.09 Å². The first kappa shape index (κ1) is 12.1.